The number of halogens is 3. The lowest BCUT2D eigenvalue weighted by Crippen LogP contribution is -2.50. The highest BCUT2D eigenvalue weighted by Gasteiger charge is 2.34. The summed E-state index contributed by atoms with van der Waals surface area (Å²) in [5.41, 5.74) is 6.34. The van der Waals surface area contributed by atoms with Crippen molar-refractivity contribution in [3.63, 3.8) is 0 Å². The molecule has 1 saturated heterocycles. The van der Waals surface area contributed by atoms with Gasteiger partial charge in [-0.2, -0.15) is 13.2 Å². The predicted octanol–water partition coefficient (Wildman–Crippen LogP) is 3.64. The van der Waals surface area contributed by atoms with Gasteiger partial charge in [0, 0.05) is 18.2 Å². The van der Waals surface area contributed by atoms with Crippen LogP contribution in [-0.4, -0.2) is 29.6 Å². The molecule has 8 heteroatoms. The Labute approximate surface area is 159 Å². The minimum Gasteiger partial charge on any atom is -0.478 e. The third-order valence-corrected chi connectivity index (χ3v) is 5.07. The Bertz CT molecular complexity index is 864. The zero-order valence-electron chi connectivity index (χ0n) is 14.8. The first-order valence-electron chi connectivity index (χ1n) is 8.73. The first kappa shape index (κ1) is 19.7. The van der Waals surface area contributed by atoms with Gasteiger partial charge in [-0.25, -0.2) is 4.79 Å². The number of hydrogen-bond donors (Lipinski definition) is 2. The Kier molecular flexibility index (Phi) is 5.31. The fourth-order valence-corrected chi connectivity index (χ4v) is 3.56. The van der Waals surface area contributed by atoms with Gasteiger partial charge in [-0.05, 0) is 54.8 Å². The molecule has 2 atom stereocenters. The zero-order chi connectivity index (χ0) is 20.5. The highest BCUT2D eigenvalue weighted by molar-refractivity contribution is 5.88. The predicted molar refractivity (Wildman–Crippen MR) is 97.1 cm³/mol. The maximum Gasteiger partial charge on any atom is 0.416 e. The van der Waals surface area contributed by atoms with Gasteiger partial charge in [-0.3, -0.25) is 4.79 Å². The molecule has 1 amide bonds. The number of nitrogens with zero attached hydrogens (tertiary/aromatic N) is 1. The number of benzene rings is 2. The molecule has 3 rings (SSSR count). The quantitative estimate of drug-likeness (QED) is 0.832. The largest absolute Gasteiger partial charge is 0.478 e. The molecule has 1 unspecified atom stereocenters. The summed E-state index contributed by atoms with van der Waals surface area (Å²) in [6.07, 6.45) is -3.32. The van der Waals surface area contributed by atoms with Crippen LogP contribution in [0.1, 0.15) is 40.2 Å². The minimum atomic E-state index is -4.39. The molecule has 2 aromatic carbocycles. The average molecular weight is 392 g/mol. The van der Waals surface area contributed by atoms with Crippen LogP contribution in [0, 0.1) is 0 Å². The van der Waals surface area contributed by atoms with E-state index in [0.717, 1.165) is 17.7 Å². The maximum absolute atomic E-state index is 12.8. The number of carboxylic acid groups (broad SMARTS) is 1. The van der Waals surface area contributed by atoms with Gasteiger partial charge in [0.1, 0.15) is 6.04 Å². The first-order valence-corrected chi connectivity index (χ1v) is 8.73. The van der Waals surface area contributed by atoms with Crippen LogP contribution < -0.4 is 10.6 Å². The molecular formula is C20H19F3N2O3. The van der Waals surface area contributed by atoms with Gasteiger partial charge < -0.3 is 15.7 Å². The number of carbonyl (C=O) groups is 2. The number of rotatable bonds is 4. The van der Waals surface area contributed by atoms with Gasteiger partial charge in [-0.1, -0.05) is 12.1 Å². The Morgan fingerprint density at radius 3 is 2.11 bits per heavy atom. The van der Waals surface area contributed by atoms with E-state index in [1.54, 1.807) is 17.0 Å². The van der Waals surface area contributed by atoms with Crippen LogP contribution in [0.15, 0.2) is 48.5 Å². The number of anilines is 1. The lowest BCUT2D eigenvalue weighted by atomic mass is 9.86. The van der Waals surface area contributed by atoms with Gasteiger partial charge in [0.25, 0.3) is 0 Å². The molecule has 148 valence electrons. The van der Waals surface area contributed by atoms with E-state index in [-0.39, 0.29) is 11.5 Å². The van der Waals surface area contributed by atoms with Crippen molar-refractivity contribution in [2.45, 2.75) is 31.0 Å². The molecule has 0 saturated carbocycles. The average Bonchev–Trinajstić information content (AvgIpc) is 2.67. The van der Waals surface area contributed by atoms with E-state index in [4.69, 9.17) is 10.8 Å². The summed E-state index contributed by atoms with van der Waals surface area (Å²) in [4.78, 5) is 24.7. The molecule has 0 spiro atoms. The number of nitrogens with two attached hydrogens (primary N) is 1. The Balaban J connectivity index is 1.85. The summed E-state index contributed by atoms with van der Waals surface area (Å²) in [7, 11) is 0. The van der Waals surface area contributed by atoms with E-state index >= 15 is 0 Å². The molecule has 1 aliphatic rings. The number of primary amides is 1. The van der Waals surface area contributed by atoms with Crippen LogP contribution in [0.25, 0.3) is 0 Å². The Hall–Kier alpha value is -3.03. The third-order valence-electron chi connectivity index (χ3n) is 5.07. The molecule has 2 aromatic rings. The molecule has 0 aliphatic carbocycles. The van der Waals surface area contributed by atoms with Crippen LogP contribution in [0.2, 0.25) is 0 Å². The summed E-state index contributed by atoms with van der Waals surface area (Å²) in [6.45, 7) is 0.394. The second-order valence-corrected chi connectivity index (χ2v) is 6.82. The molecule has 0 aromatic heterocycles. The van der Waals surface area contributed by atoms with Gasteiger partial charge in [-0.15, -0.1) is 0 Å². The number of carboxylic acids is 1. The van der Waals surface area contributed by atoms with Gasteiger partial charge in [0.2, 0.25) is 5.91 Å². The molecule has 1 aliphatic heterocycles. The van der Waals surface area contributed by atoms with Crippen molar-refractivity contribution in [3.8, 4) is 0 Å². The standard InChI is InChI=1S/C20H19F3N2O3/c21-20(22,23)15-6-1-12(2-7-15)14-5-10-17(18(24)26)25(11-14)16-8-3-13(4-9-16)19(27)28/h1-4,6-9,14,17H,5,10-11H2,(H2,24,26)(H,27,28)/t14?,17-/m0/s1. The van der Waals surface area contributed by atoms with E-state index in [1.165, 1.54) is 24.3 Å². The zero-order valence-corrected chi connectivity index (χ0v) is 14.8. The van der Waals surface area contributed by atoms with E-state index < -0.39 is 29.7 Å². The van der Waals surface area contributed by atoms with Crippen molar-refractivity contribution in [1.82, 2.24) is 0 Å². The van der Waals surface area contributed by atoms with Crippen molar-refractivity contribution < 1.29 is 27.9 Å². The van der Waals surface area contributed by atoms with Crippen LogP contribution in [-0.2, 0) is 11.0 Å². The minimum absolute atomic E-state index is 0.0722. The third kappa shape index (κ3) is 4.11. The number of aromatic carboxylic acids is 1. The number of carbonyl (C=O) groups excluding carboxylic acids is 1. The molecule has 0 bridgehead atoms. The number of hydrogen-bond acceptors (Lipinski definition) is 3. The van der Waals surface area contributed by atoms with Crippen molar-refractivity contribution in [2.24, 2.45) is 5.73 Å². The smallest absolute Gasteiger partial charge is 0.416 e. The van der Waals surface area contributed by atoms with Gasteiger partial charge >= 0.3 is 12.1 Å². The topological polar surface area (TPSA) is 83.6 Å². The van der Waals surface area contributed by atoms with E-state index in [1.807, 2.05) is 0 Å². The Morgan fingerprint density at radius 2 is 1.61 bits per heavy atom. The molecule has 0 radical (unpaired) electrons. The van der Waals surface area contributed by atoms with Gasteiger partial charge in [0.05, 0.1) is 11.1 Å². The number of amides is 1. The van der Waals surface area contributed by atoms with Crippen LogP contribution in [0.4, 0.5) is 18.9 Å². The lowest BCUT2D eigenvalue weighted by Gasteiger charge is -2.40. The summed E-state index contributed by atoms with van der Waals surface area (Å²) in [5.74, 6) is -1.62. The van der Waals surface area contributed by atoms with E-state index in [2.05, 4.69) is 0 Å². The molecule has 1 fully saturated rings. The maximum atomic E-state index is 12.8. The molecule has 28 heavy (non-hydrogen) atoms. The summed E-state index contributed by atoms with van der Waals surface area (Å²) in [6, 6.07) is 10.6. The van der Waals surface area contributed by atoms with Crippen LogP contribution in [0.3, 0.4) is 0 Å². The number of piperidine rings is 1. The van der Waals surface area contributed by atoms with Crippen molar-refractivity contribution >= 4 is 17.6 Å². The van der Waals surface area contributed by atoms with Crippen LogP contribution in [0.5, 0.6) is 0 Å². The van der Waals surface area contributed by atoms with Crippen molar-refractivity contribution in [2.75, 3.05) is 11.4 Å². The van der Waals surface area contributed by atoms with Crippen molar-refractivity contribution in [1.29, 1.82) is 0 Å². The fourth-order valence-electron chi connectivity index (χ4n) is 3.56. The molecular weight excluding hydrogens is 373 g/mol. The van der Waals surface area contributed by atoms with E-state index in [9.17, 15) is 22.8 Å². The highest BCUT2D eigenvalue weighted by atomic mass is 19.4. The Morgan fingerprint density at radius 1 is 1.00 bits per heavy atom. The lowest BCUT2D eigenvalue weighted by molar-refractivity contribution is -0.137. The monoisotopic (exact) mass is 392 g/mol. The SMILES string of the molecule is NC(=O)[C@@H]1CCC(c2ccc(C(F)(F)F)cc2)CN1c1ccc(C(=O)O)cc1. The molecule has 5 nitrogen and oxygen atoms in total. The normalized spacial score (nSPS) is 20.0. The van der Waals surface area contributed by atoms with Crippen LogP contribution >= 0.6 is 0 Å². The summed E-state index contributed by atoms with van der Waals surface area (Å²) in [5, 5.41) is 9.03. The molecule has 3 N–H and O–H groups in total. The summed E-state index contributed by atoms with van der Waals surface area (Å²) >= 11 is 0. The first-order chi connectivity index (χ1) is 13.2. The number of alkyl halides is 3. The summed E-state index contributed by atoms with van der Waals surface area (Å²) < 4.78 is 38.3. The van der Waals surface area contributed by atoms with Gasteiger partial charge in [0.15, 0.2) is 0 Å². The van der Waals surface area contributed by atoms with E-state index in [0.29, 0.717) is 25.1 Å². The molecule has 1 heterocycles. The second kappa shape index (κ2) is 7.53. The second-order valence-electron chi connectivity index (χ2n) is 6.82. The fraction of sp³-hybridized carbons (Fsp3) is 0.300. The van der Waals surface area contributed by atoms with Crippen molar-refractivity contribution in [3.05, 3.63) is 65.2 Å². The highest BCUT2D eigenvalue weighted by Crippen LogP contribution is 2.35.